The number of carbonyl (C=O) groups excluding carboxylic acids is 1. The van der Waals surface area contributed by atoms with E-state index >= 15 is 0 Å². The lowest BCUT2D eigenvalue weighted by Gasteiger charge is -2.25. The largest absolute Gasteiger partial charge is 0.341 e. The molecule has 0 spiro atoms. The summed E-state index contributed by atoms with van der Waals surface area (Å²) in [7, 11) is 0. The highest BCUT2D eigenvalue weighted by atomic mass is 16.2. The van der Waals surface area contributed by atoms with E-state index in [0.717, 1.165) is 38.2 Å². The van der Waals surface area contributed by atoms with Crippen LogP contribution in [-0.4, -0.2) is 41.5 Å². The molecule has 110 valence electrons. The van der Waals surface area contributed by atoms with Gasteiger partial charge in [-0.2, -0.15) is 0 Å². The quantitative estimate of drug-likeness (QED) is 0.828. The minimum absolute atomic E-state index is 0.256. The molecule has 0 aromatic carbocycles. The van der Waals surface area contributed by atoms with Crippen molar-refractivity contribution < 1.29 is 4.79 Å². The van der Waals surface area contributed by atoms with Crippen molar-refractivity contribution in [1.29, 1.82) is 0 Å². The molecule has 1 N–H and O–H groups in total. The number of rotatable bonds is 7. The number of aryl methyl sites for hydroxylation is 1. The molecule has 1 aliphatic rings. The Kier molecular flexibility index (Phi) is 5.99. The Morgan fingerprint density at radius 2 is 2.40 bits per heavy atom. The van der Waals surface area contributed by atoms with Crippen molar-refractivity contribution in [3.63, 3.8) is 0 Å². The van der Waals surface area contributed by atoms with E-state index in [1.165, 1.54) is 12.8 Å². The van der Waals surface area contributed by atoms with Crippen LogP contribution in [0.15, 0.2) is 24.4 Å². The van der Waals surface area contributed by atoms with Crippen molar-refractivity contribution in [2.24, 2.45) is 0 Å². The maximum Gasteiger partial charge on any atom is 0.223 e. The summed E-state index contributed by atoms with van der Waals surface area (Å²) in [5.41, 5.74) is 0.997. The van der Waals surface area contributed by atoms with Gasteiger partial charge in [0.05, 0.1) is 0 Å². The third-order valence-electron chi connectivity index (χ3n) is 3.77. The van der Waals surface area contributed by atoms with E-state index in [1.54, 1.807) is 6.20 Å². The summed E-state index contributed by atoms with van der Waals surface area (Å²) in [6.07, 6.45) is 6.51. The summed E-state index contributed by atoms with van der Waals surface area (Å²) in [5, 5.41) is 3.47. The molecule has 0 radical (unpaired) electrons. The van der Waals surface area contributed by atoms with Crippen molar-refractivity contribution >= 4 is 5.91 Å². The third-order valence-corrected chi connectivity index (χ3v) is 3.77. The zero-order chi connectivity index (χ0) is 14.2. The summed E-state index contributed by atoms with van der Waals surface area (Å²) in [4.78, 5) is 18.7. The van der Waals surface area contributed by atoms with Gasteiger partial charge in [0.1, 0.15) is 0 Å². The number of nitrogens with zero attached hydrogens (tertiary/aromatic N) is 2. The molecule has 1 aromatic rings. The van der Waals surface area contributed by atoms with Gasteiger partial charge >= 0.3 is 0 Å². The number of aromatic nitrogens is 1. The van der Waals surface area contributed by atoms with Gasteiger partial charge < -0.3 is 10.2 Å². The number of amides is 1. The van der Waals surface area contributed by atoms with Crippen LogP contribution in [0, 0.1) is 0 Å². The monoisotopic (exact) mass is 275 g/mol. The summed E-state index contributed by atoms with van der Waals surface area (Å²) in [6, 6.07) is 6.34. The average Bonchev–Trinajstić information content (AvgIpc) is 2.98. The van der Waals surface area contributed by atoms with Gasteiger partial charge in [-0.15, -0.1) is 0 Å². The van der Waals surface area contributed by atoms with Gasteiger partial charge in [-0.1, -0.05) is 13.0 Å². The van der Waals surface area contributed by atoms with Gasteiger partial charge in [0.15, 0.2) is 0 Å². The number of pyridine rings is 1. The van der Waals surface area contributed by atoms with E-state index in [0.29, 0.717) is 12.5 Å². The van der Waals surface area contributed by atoms with Crippen molar-refractivity contribution in [2.45, 2.75) is 45.1 Å². The van der Waals surface area contributed by atoms with E-state index in [1.807, 2.05) is 23.1 Å². The summed E-state index contributed by atoms with van der Waals surface area (Å²) in [6.45, 7) is 4.93. The first-order valence-electron chi connectivity index (χ1n) is 7.70. The molecule has 4 heteroatoms. The highest BCUT2D eigenvalue weighted by Crippen LogP contribution is 2.09. The Morgan fingerprint density at radius 3 is 3.05 bits per heavy atom. The maximum atomic E-state index is 12.4. The third kappa shape index (κ3) is 4.60. The Balaban J connectivity index is 1.82. The van der Waals surface area contributed by atoms with Gasteiger partial charge in [0.25, 0.3) is 0 Å². The number of hydrogen-bond acceptors (Lipinski definition) is 3. The van der Waals surface area contributed by atoms with E-state index < -0.39 is 0 Å². The molecule has 1 aliphatic heterocycles. The Morgan fingerprint density at radius 1 is 1.50 bits per heavy atom. The summed E-state index contributed by atoms with van der Waals surface area (Å²) in [5.74, 6) is 0.256. The highest BCUT2D eigenvalue weighted by molar-refractivity contribution is 5.76. The molecule has 1 aromatic heterocycles. The van der Waals surface area contributed by atoms with Crippen LogP contribution in [0.25, 0.3) is 0 Å². The van der Waals surface area contributed by atoms with Gasteiger partial charge in [-0.25, -0.2) is 0 Å². The van der Waals surface area contributed by atoms with Gasteiger partial charge in [-0.3, -0.25) is 9.78 Å². The number of nitrogens with one attached hydrogen (secondary N) is 1. The lowest BCUT2D eigenvalue weighted by Crippen LogP contribution is -2.41. The molecule has 4 nitrogen and oxygen atoms in total. The fourth-order valence-corrected chi connectivity index (χ4v) is 2.71. The van der Waals surface area contributed by atoms with Crippen LogP contribution in [-0.2, 0) is 11.2 Å². The van der Waals surface area contributed by atoms with Crippen LogP contribution in [0.4, 0.5) is 0 Å². The SMILES string of the molecule is CCCN(CC1CCCN1)C(=O)CCc1ccccn1. The second-order valence-corrected chi connectivity index (χ2v) is 5.45. The fraction of sp³-hybridized carbons (Fsp3) is 0.625. The number of hydrogen-bond donors (Lipinski definition) is 1. The smallest absolute Gasteiger partial charge is 0.223 e. The maximum absolute atomic E-state index is 12.4. The molecule has 1 amide bonds. The number of carbonyl (C=O) groups is 1. The molecule has 0 bridgehead atoms. The van der Waals surface area contributed by atoms with Crippen LogP contribution in [0.2, 0.25) is 0 Å². The Hall–Kier alpha value is -1.42. The van der Waals surface area contributed by atoms with Crippen LogP contribution >= 0.6 is 0 Å². The average molecular weight is 275 g/mol. The first kappa shape index (κ1) is 15.0. The molecule has 1 unspecified atom stereocenters. The first-order valence-corrected chi connectivity index (χ1v) is 7.70. The predicted octanol–water partition coefficient (Wildman–Crippen LogP) is 2.00. The van der Waals surface area contributed by atoms with E-state index in [9.17, 15) is 4.79 Å². The summed E-state index contributed by atoms with van der Waals surface area (Å²) >= 11 is 0. The Bertz CT molecular complexity index is 401. The topological polar surface area (TPSA) is 45.2 Å². The molecule has 0 saturated carbocycles. The molecule has 2 rings (SSSR count). The van der Waals surface area contributed by atoms with Crippen LogP contribution in [0.5, 0.6) is 0 Å². The second kappa shape index (κ2) is 8.00. The summed E-state index contributed by atoms with van der Waals surface area (Å²) < 4.78 is 0. The zero-order valence-corrected chi connectivity index (χ0v) is 12.3. The predicted molar refractivity (Wildman–Crippen MR) is 80.5 cm³/mol. The minimum Gasteiger partial charge on any atom is -0.341 e. The second-order valence-electron chi connectivity index (χ2n) is 5.45. The molecular weight excluding hydrogens is 250 g/mol. The fourth-order valence-electron chi connectivity index (χ4n) is 2.71. The van der Waals surface area contributed by atoms with Gasteiger partial charge in [0, 0.05) is 37.4 Å². The van der Waals surface area contributed by atoms with E-state index in [-0.39, 0.29) is 5.91 Å². The molecule has 1 fully saturated rings. The van der Waals surface area contributed by atoms with Crippen LogP contribution in [0.1, 0.15) is 38.3 Å². The van der Waals surface area contributed by atoms with Crippen LogP contribution < -0.4 is 5.32 Å². The zero-order valence-electron chi connectivity index (χ0n) is 12.3. The van der Waals surface area contributed by atoms with Crippen molar-refractivity contribution in [2.75, 3.05) is 19.6 Å². The molecule has 1 atom stereocenters. The van der Waals surface area contributed by atoms with Crippen molar-refractivity contribution in [3.8, 4) is 0 Å². The van der Waals surface area contributed by atoms with Gasteiger partial charge in [-0.05, 0) is 44.4 Å². The molecule has 0 aliphatic carbocycles. The normalized spacial score (nSPS) is 18.1. The lowest BCUT2D eigenvalue weighted by molar-refractivity contribution is -0.131. The Labute approximate surface area is 121 Å². The lowest BCUT2D eigenvalue weighted by atomic mass is 10.1. The van der Waals surface area contributed by atoms with Crippen molar-refractivity contribution in [1.82, 2.24) is 15.2 Å². The van der Waals surface area contributed by atoms with Crippen LogP contribution in [0.3, 0.4) is 0 Å². The van der Waals surface area contributed by atoms with Crippen molar-refractivity contribution in [3.05, 3.63) is 30.1 Å². The highest BCUT2D eigenvalue weighted by Gasteiger charge is 2.20. The first-order chi connectivity index (χ1) is 9.79. The molecule has 20 heavy (non-hydrogen) atoms. The molecule has 1 saturated heterocycles. The van der Waals surface area contributed by atoms with E-state index in [2.05, 4.69) is 17.2 Å². The standard InChI is InChI=1S/C16H25N3O/c1-2-12-19(13-15-7-5-11-18-15)16(20)9-8-14-6-3-4-10-17-14/h3-4,6,10,15,18H,2,5,7-9,11-13H2,1H3. The molecular formula is C16H25N3O. The minimum atomic E-state index is 0.256. The van der Waals surface area contributed by atoms with Gasteiger partial charge in [0.2, 0.25) is 5.91 Å². The van der Waals surface area contributed by atoms with E-state index in [4.69, 9.17) is 0 Å². The molecule has 2 heterocycles.